The van der Waals surface area contributed by atoms with Gasteiger partial charge >= 0.3 is 0 Å². The van der Waals surface area contributed by atoms with Crippen LogP contribution in [0.1, 0.15) is 15.9 Å². The van der Waals surface area contributed by atoms with Gasteiger partial charge in [0.25, 0.3) is 0 Å². The van der Waals surface area contributed by atoms with Crippen LogP contribution in [0.15, 0.2) is 53.0 Å². The smallest absolute Gasteiger partial charge is 0.195 e. The van der Waals surface area contributed by atoms with E-state index >= 15 is 0 Å². The van der Waals surface area contributed by atoms with Crippen LogP contribution in [0.4, 0.5) is 0 Å². The van der Waals surface area contributed by atoms with Crippen molar-refractivity contribution < 1.29 is 4.79 Å². The molecular formula is C16H13BNOS2. The maximum atomic E-state index is 12.9. The van der Waals surface area contributed by atoms with Gasteiger partial charge in [0.15, 0.2) is 5.78 Å². The van der Waals surface area contributed by atoms with Gasteiger partial charge in [-0.15, -0.1) is 23.5 Å². The summed E-state index contributed by atoms with van der Waals surface area (Å²) in [5, 5.41) is 1.01. The van der Waals surface area contributed by atoms with E-state index in [-0.39, 0.29) is 5.78 Å². The number of hydrogen-bond donors (Lipinski definition) is 0. The maximum absolute atomic E-state index is 12.9. The number of rotatable bonds is 4. The van der Waals surface area contributed by atoms with E-state index in [2.05, 4.69) is 4.98 Å². The molecule has 5 heteroatoms. The van der Waals surface area contributed by atoms with Crippen LogP contribution in [-0.2, 0) is 0 Å². The molecule has 0 N–H and O–H groups in total. The Bertz CT molecular complexity index is 694. The van der Waals surface area contributed by atoms with Crippen molar-refractivity contribution in [3.05, 3.63) is 64.2 Å². The van der Waals surface area contributed by atoms with Crippen LogP contribution in [0.3, 0.4) is 0 Å². The molecule has 1 fully saturated rings. The number of benzene rings is 1. The maximum Gasteiger partial charge on any atom is 0.195 e. The molecule has 103 valence electrons. The lowest BCUT2D eigenvalue weighted by Gasteiger charge is -2.20. The lowest BCUT2D eigenvalue weighted by atomic mass is 9.72. The van der Waals surface area contributed by atoms with Crippen molar-refractivity contribution in [1.29, 1.82) is 0 Å². The highest BCUT2D eigenvalue weighted by atomic mass is 32.3. The molecule has 0 amide bonds. The van der Waals surface area contributed by atoms with Gasteiger partial charge < -0.3 is 0 Å². The van der Waals surface area contributed by atoms with E-state index in [0.717, 1.165) is 31.5 Å². The molecule has 0 unspecified atom stereocenters. The zero-order valence-electron chi connectivity index (χ0n) is 11.6. The standard InChI is InChI=1S/C16H13BNOS2/c1-17-13-4-2-3-12(9-13)15(19)14(16-20-10-21-16)11-5-7-18-8-6-11/h2-9H,10H2,1H3. The summed E-state index contributed by atoms with van der Waals surface area (Å²) < 4.78 is 1.11. The molecule has 2 aromatic rings. The number of hydrogen-bond acceptors (Lipinski definition) is 4. The summed E-state index contributed by atoms with van der Waals surface area (Å²) in [6.45, 7) is 1.98. The zero-order valence-corrected chi connectivity index (χ0v) is 13.2. The van der Waals surface area contributed by atoms with Gasteiger partial charge in [0.05, 0.1) is 4.24 Å². The van der Waals surface area contributed by atoms with Crippen LogP contribution in [0, 0.1) is 0 Å². The summed E-state index contributed by atoms with van der Waals surface area (Å²) in [6, 6.07) is 11.6. The van der Waals surface area contributed by atoms with Crippen LogP contribution in [-0.4, -0.2) is 23.1 Å². The number of allylic oxidation sites excluding steroid dienone is 1. The molecule has 2 heterocycles. The van der Waals surface area contributed by atoms with E-state index in [1.54, 1.807) is 35.9 Å². The molecule has 0 atom stereocenters. The van der Waals surface area contributed by atoms with Gasteiger partial charge in [-0.2, -0.15) is 0 Å². The molecule has 0 aliphatic carbocycles. The number of nitrogens with zero attached hydrogens (tertiary/aromatic N) is 1. The van der Waals surface area contributed by atoms with Gasteiger partial charge in [0.2, 0.25) is 0 Å². The van der Waals surface area contributed by atoms with E-state index in [1.807, 2.05) is 50.5 Å². The Morgan fingerprint density at radius 2 is 1.90 bits per heavy atom. The average molecular weight is 310 g/mol. The van der Waals surface area contributed by atoms with Gasteiger partial charge in [-0.1, -0.05) is 36.6 Å². The van der Waals surface area contributed by atoms with Crippen molar-refractivity contribution in [2.75, 3.05) is 5.08 Å². The minimum atomic E-state index is 0.0830. The first-order valence-electron chi connectivity index (χ1n) is 6.64. The Labute approximate surface area is 133 Å². The van der Waals surface area contributed by atoms with E-state index in [1.165, 1.54) is 0 Å². The van der Waals surface area contributed by atoms with E-state index in [9.17, 15) is 4.79 Å². The summed E-state index contributed by atoms with van der Waals surface area (Å²) in [5.74, 6) is 0.0830. The van der Waals surface area contributed by atoms with E-state index < -0.39 is 0 Å². The molecule has 1 aromatic heterocycles. The number of carbonyl (C=O) groups excluding carboxylic acids is 1. The predicted molar refractivity (Wildman–Crippen MR) is 93.2 cm³/mol. The van der Waals surface area contributed by atoms with Crippen LogP contribution in [0.2, 0.25) is 6.82 Å². The minimum absolute atomic E-state index is 0.0830. The fraction of sp³-hybridized carbons (Fsp3) is 0.125. The summed E-state index contributed by atoms with van der Waals surface area (Å²) >= 11 is 3.47. The van der Waals surface area contributed by atoms with Gasteiger partial charge in [-0.3, -0.25) is 9.78 Å². The Hall–Kier alpha value is -1.46. The number of ketones is 1. The highest BCUT2D eigenvalue weighted by Crippen LogP contribution is 2.48. The van der Waals surface area contributed by atoms with Crippen LogP contribution in [0.25, 0.3) is 5.57 Å². The Balaban J connectivity index is 2.03. The van der Waals surface area contributed by atoms with Crippen LogP contribution in [0.5, 0.6) is 0 Å². The third kappa shape index (κ3) is 3.09. The van der Waals surface area contributed by atoms with Crippen molar-refractivity contribution in [2.45, 2.75) is 6.82 Å². The Kier molecular flexibility index (Phi) is 4.51. The summed E-state index contributed by atoms with van der Waals surface area (Å²) in [6.07, 6.45) is 3.46. The van der Waals surface area contributed by atoms with Gasteiger partial charge in [0.1, 0.15) is 7.28 Å². The molecule has 0 bridgehead atoms. The molecule has 1 radical (unpaired) electrons. The number of aromatic nitrogens is 1. The van der Waals surface area contributed by atoms with Gasteiger partial charge in [-0.25, -0.2) is 0 Å². The number of Topliss-reactive ketones (excluding diaryl/α,β-unsaturated/α-hetero) is 1. The molecule has 2 nitrogen and oxygen atoms in total. The van der Waals surface area contributed by atoms with E-state index in [0.29, 0.717) is 0 Å². The third-order valence-corrected chi connectivity index (χ3v) is 5.84. The molecule has 1 aliphatic heterocycles. The van der Waals surface area contributed by atoms with Crippen molar-refractivity contribution in [2.24, 2.45) is 0 Å². The molecule has 0 saturated carbocycles. The molecule has 1 aromatic carbocycles. The predicted octanol–water partition coefficient (Wildman–Crippen LogP) is 3.45. The van der Waals surface area contributed by atoms with Crippen LogP contribution < -0.4 is 5.46 Å². The summed E-state index contributed by atoms with van der Waals surface area (Å²) in [5.41, 5.74) is 3.54. The van der Waals surface area contributed by atoms with Gasteiger partial charge in [-0.05, 0) is 17.7 Å². The molecule has 1 aliphatic rings. The molecule has 3 rings (SSSR count). The topological polar surface area (TPSA) is 30.0 Å². The fourth-order valence-electron chi connectivity index (χ4n) is 2.13. The van der Waals surface area contributed by atoms with Crippen LogP contribution >= 0.6 is 23.5 Å². The Morgan fingerprint density at radius 1 is 1.14 bits per heavy atom. The molecular weight excluding hydrogens is 297 g/mol. The zero-order chi connectivity index (χ0) is 14.7. The quantitative estimate of drug-likeness (QED) is 0.491. The first-order valence-corrected chi connectivity index (χ1v) is 8.61. The highest BCUT2D eigenvalue weighted by Gasteiger charge is 2.24. The molecule has 21 heavy (non-hydrogen) atoms. The molecule has 1 saturated heterocycles. The fourth-order valence-corrected chi connectivity index (χ4v) is 3.78. The number of pyridine rings is 1. The molecule has 0 spiro atoms. The SMILES string of the molecule is C[B]c1cccc(C(=O)C(=C2SCS2)c2ccncc2)c1. The first-order chi connectivity index (χ1) is 10.3. The second-order valence-corrected chi connectivity index (χ2v) is 7.14. The lowest BCUT2D eigenvalue weighted by Crippen LogP contribution is -2.14. The monoisotopic (exact) mass is 310 g/mol. The summed E-state index contributed by atoms with van der Waals surface area (Å²) in [4.78, 5) is 17.0. The van der Waals surface area contributed by atoms with E-state index in [4.69, 9.17) is 0 Å². The minimum Gasteiger partial charge on any atom is -0.289 e. The highest BCUT2D eigenvalue weighted by molar-refractivity contribution is 8.37. The average Bonchev–Trinajstić information content (AvgIpc) is 2.51. The van der Waals surface area contributed by atoms with Crippen molar-refractivity contribution in [3.63, 3.8) is 0 Å². The van der Waals surface area contributed by atoms with Gasteiger partial charge in [0, 0.05) is 28.6 Å². The number of thioether (sulfide) groups is 2. The third-order valence-electron chi connectivity index (χ3n) is 3.26. The second kappa shape index (κ2) is 6.54. The normalized spacial score (nSPS) is 13.5. The van der Waals surface area contributed by atoms with Crippen molar-refractivity contribution in [3.8, 4) is 0 Å². The van der Waals surface area contributed by atoms with Crippen molar-refractivity contribution in [1.82, 2.24) is 4.98 Å². The summed E-state index contributed by atoms with van der Waals surface area (Å²) in [7, 11) is 2.00. The first kappa shape index (κ1) is 14.5. The Morgan fingerprint density at radius 3 is 2.52 bits per heavy atom. The number of carbonyl (C=O) groups is 1. The second-order valence-electron chi connectivity index (χ2n) is 4.55. The van der Waals surface area contributed by atoms with Crippen molar-refractivity contribution >= 4 is 47.6 Å². The largest absolute Gasteiger partial charge is 0.289 e. The lowest BCUT2D eigenvalue weighted by molar-refractivity contribution is 0.105.